The number of anilines is 3. The van der Waals surface area contributed by atoms with Crippen molar-refractivity contribution in [2.24, 2.45) is 0 Å². The van der Waals surface area contributed by atoms with E-state index in [0.717, 1.165) is 10.9 Å². The van der Waals surface area contributed by atoms with E-state index >= 15 is 0 Å². The van der Waals surface area contributed by atoms with Crippen LogP contribution in [0.1, 0.15) is 0 Å². The number of rotatable bonds is 4. The normalized spacial score (nSPS) is 10.5. The van der Waals surface area contributed by atoms with Gasteiger partial charge >= 0.3 is 5.69 Å². The van der Waals surface area contributed by atoms with Gasteiger partial charge in [0, 0.05) is 24.2 Å². The number of hydrogen-bond acceptors (Lipinski definition) is 6. The van der Waals surface area contributed by atoms with Gasteiger partial charge in [0.25, 0.3) is 0 Å². The van der Waals surface area contributed by atoms with Crippen LogP contribution in [0.4, 0.5) is 23.0 Å². The van der Waals surface area contributed by atoms with Crippen LogP contribution in [-0.2, 0) is 0 Å². The average molecular weight is 284 g/mol. The lowest BCUT2D eigenvalue weighted by Crippen LogP contribution is -2.02. The Bertz CT molecular complexity index is 813. The minimum atomic E-state index is -0.469. The Labute approximate surface area is 119 Å². The highest BCUT2D eigenvalue weighted by Crippen LogP contribution is 2.28. The number of nitrogens with one attached hydrogen (secondary N) is 3. The maximum absolute atomic E-state index is 11.1. The fourth-order valence-electron chi connectivity index (χ4n) is 1.98. The van der Waals surface area contributed by atoms with Gasteiger partial charge in [0.15, 0.2) is 0 Å². The molecule has 21 heavy (non-hydrogen) atoms. The summed E-state index contributed by atoms with van der Waals surface area (Å²) in [6.45, 7) is 0. The molecule has 0 radical (unpaired) electrons. The third-order valence-corrected chi connectivity index (χ3v) is 3.03. The predicted octanol–water partition coefficient (Wildman–Crippen LogP) is 2.65. The van der Waals surface area contributed by atoms with Crippen molar-refractivity contribution in [1.82, 2.24) is 15.2 Å². The Morgan fingerprint density at radius 1 is 1.29 bits per heavy atom. The molecule has 106 valence electrons. The van der Waals surface area contributed by atoms with Crippen LogP contribution in [0.2, 0.25) is 0 Å². The van der Waals surface area contributed by atoms with Gasteiger partial charge in [-0.05, 0) is 24.3 Å². The van der Waals surface area contributed by atoms with Gasteiger partial charge in [-0.2, -0.15) is 5.10 Å². The zero-order valence-corrected chi connectivity index (χ0v) is 11.1. The van der Waals surface area contributed by atoms with Gasteiger partial charge in [0.2, 0.25) is 5.82 Å². The summed E-state index contributed by atoms with van der Waals surface area (Å²) >= 11 is 0. The molecule has 2 aromatic heterocycles. The van der Waals surface area contributed by atoms with Crippen molar-refractivity contribution in [2.75, 3.05) is 17.7 Å². The molecule has 0 spiro atoms. The van der Waals surface area contributed by atoms with E-state index in [2.05, 4.69) is 25.8 Å². The maximum Gasteiger partial charge on any atom is 0.311 e. The lowest BCUT2D eigenvalue weighted by Gasteiger charge is -2.08. The largest absolute Gasteiger partial charge is 0.373 e. The molecule has 0 aliphatic heterocycles. The van der Waals surface area contributed by atoms with Crippen LogP contribution in [0.25, 0.3) is 10.9 Å². The minimum absolute atomic E-state index is 0.0845. The topological polar surface area (TPSA) is 109 Å². The summed E-state index contributed by atoms with van der Waals surface area (Å²) in [4.78, 5) is 14.8. The first kappa shape index (κ1) is 12.9. The van der Waals surface area contributed by atoms with Crippen molar-refractivity contribution in [3.8, 4) is 0 Å². The standard InChI is InChI=1S/C13H12N6O2/c1-14-12-5-4-11(19(20)21)13(17-12)16-9-3-2-8-7-15-18-10(8)6-9/h2-7H,1H3,(H,15,18)(H2,14,16,17). The lowest BCUT2D eigenvalue weighted by atomic mass is 10.2. The van der Waals surface area contributed by atoms with Crippen molar-refractivity contribution < 1.29 is 4.92 Å². The van der Waals surface area contributed by atoms with Crippen molar-refractivity contribution in [1.29, 1.82) is 0 Å². The van der Waals surface area contributed by atoms with Gasteiger partial charge < -0.3 is 10.6 Å². The first-order valence-electron chi connectivity index (χ1n) is 6.21. The Morgan fingerprint density at radius 3 is 2.90 bits per heavy atom. The molecule has 3 N–H and O–H groups in total. The summed E-state index contributed by atoms with van der Waals surface area (Å²) in [5.74, 6) is 0.733. The van der Waals surface area contributed by atoms with Gasteiger partial charge in [0.1, 0.15) is 5.82 Å². The van der Waals surface area contributed by atoms with Crippen molar-refractivity contribution in [3.05, 3.63) is 46.6 Å². The molecule has 8 heteroatoms. The molecule has 8 nitrogen and oxygen atoms in total. The Hall–Kier alpha value is -3.16. The molecule has 0 aliphatic carbocycles. The first-order chi connectivity index (χ1) is 10.2. The quantitative estimate of drug-likeness (QED) is 0.502. The number of aromatic nitrogens is 3. The Balaban J connectivity index is 2.00. The van der Waals surface area contributed by atoms with E-state index in [1.54, 1.807) is 19.3 Å². The van der Waals surface area contributed by atoms with E-state index < -0.39 is 4.92 Å². The molecule has 0 aliphatic rings. The van der Waals surface area contributed by atoms with E-state index in [4.69, 9.17) is 0 Å². The summed E-state index contributed by atoms with van der Waals surface area (Å²) in [5, 5.41) is 24.6. The number of aromatic amines is 1. The number of hydrogen-bond donors (Lipinski definition) is 3. The average Bonchev–Trinajstić information content (AvgIpc) is 2.94. The molecule has 2 heterocycles. The van der Waals surface area contributed by atoms with Gasteiger partial charge in [-0.15, -0.1) is 0 Å². The molecule has 0 saturated heterocycles. The van der Waals surface area contributed by atoms with Crippen LogP contribution < -0.4 is 10.6 Å². The SMILES string of the molecule is CNc1ccc([N+](=O)[O-])c(Nc2ccc3cn[nH]c3c2)n1. The van der Waals surface area contributed by atoms with Crippen molar-refractivity contribution >= 4 is 33.9 Å². The van der Waals surface area contributed by atoms with E-state index in [0.29, 0.717) is 11.5 Å². The van der Waals surface area contributed by atoms with E-state index in [1.165, 1.54) is 6.07 Å². The molecule has 3 rings (SSSR count). The van der Waals surface area contributed by atoms with Gasteiger partial charge in [-0.25, -0.2) is 4.98 Å². The summed E-state index contributed by atoms with van der Waals surface area (Å²) in [7, 11) is 1.70. The predicted molar refractivity (Wildman–Crippen MR) is 79.8 cm³/mol. The second kappa shape index (κ2) is 5.08. The third kappa shape index (κ3) is 2.46. The second-order valence-corrected chi connectivity index (χ2v) is 4.37. The van der Waals surface area contributed by atoms with E-state index in [-0.39, 0.29) is 11.5 Å². The Morgan fingerprint density at radius 2 is 2.14 bits per heavy atom. The zero-order chi connectivity index (χ0) is 14.8. The maximum atomic E-state index is 11.1. The number of benzene rings is 1. The molecule has 0 fully saturated rings. The van der Waals surface area contributed by atoms with E-state index in [9.17, 15) is 10.1 Å². The second-order valence-electron chi connectivity index (χ2n) is 4.37. The highest BCUT2D eigenvalue weighted by atomic mass is 16.6. The molecule has 0 unspecified atom stereocenters. The number of nitrogens with zero attached hydrogens (tertiary/aromatic N) is 3. The molecule has 3 aromatic rings. The van der Waals surface area contributed by atoms with Crippen LogP contribution >= 0.6 is 0 Å². The number of nitro groups is 1. The van der Waals surface area contributed by atoms with Gasteiger partial charge in [-0.3, -0.25) is 15.2 Å². The smallest absolute Gasteiger partial charge is 0.311 e. The summed E-state index contributed by atoms with van der Waals surface area (Å²) < 4.78 is 0. The van der Waals surface area contributed by atoms with Gasteiger partial charge in [-0.1, -0.05) is 0 Å². The fraction of sp³-hybridized carbons (Fsp3) is 0.0769. The van der Waals surface area contributed by atoms with E-state index in [1.807, 2.05) is 18.2 Å². The molecule has 1 aromatic carbocycles. The third-order valence-electron chi connectivity index (χ3n) is 3.03. The number of fused-ring (bicyclic) bond motifs is 1. The fourth-order valence-corrected chi connectivity index (χ4v) is 1.98. The molecular formula is C13H12N6O2. The molecule has 0 saturated carbocycles. The molecule has 0 bridgehead atoms. The monoisotopic (exact) mass is 284 g/mol. The van der Waals surface area contributed by atoms with Crippen LogP contribution in [0, 0.1) is 10.1 Å². The van der Waals surface area contributed by atoms with Crippen LogP contribution in [0.15, 0.2) is 36.5 Å². The van der Waals surface area contributed by atoms with Crippen molar-refractivity contribution in [2.45, 2.75) is 0 Å². The van der Waals surface area contributed by atoms with Crippen LogP contribution in [-0.4, -0.2) is 27.2 Å². The highest BCUT2D eigenvalue weighted by molar-refractivity contribution is 5.83. The highest BCUT2D eigenvalue weighted by Gasteiger charge is 2.16. The number of pyridine rings is 1. The Kier molecular flexibility index (Phi) is 3.11. The van der Waals surface area contributed by atoms with Crippen LogP contribution in [0.5, 0.6) is 0 Å². The zero-order valence-electron chi connectivity index (χ0n) is 11.1. The molecular weight excluding hydrogens is 272 g/mol. The lowest BCUT2D eigenvalue weighted by molar-refractivity contribution is -0.384. The summed E-state index contributed by atoms with van der Waals surface area (Å²) in [5.41, 5.74) is 1.45. The summed E-state index contributed by atoms with van der Waals surface area (Å²) in [6.07, 6.45) is 1.71. The minimum Gasteiger partial charge on any atom is -0.373 e. The van der Waals surface area contributed by atoms with Gasteiger partial charge in [0.05, 0.1) is 16.6 Å². The van der Waals surface area contributed by atoms with Crippen molar-refractivity contribution in [3.63, 3.8) is 0 Å². The van der Waals surface area contributed by atoms with Crippen LogP contribution in [0.3, 0.4) is 0 Å². The molecule has 0 amide bonds. The number of H-pyrrole nitrogens is 1. The first-order valence-corrected chi connectivity index (χ1v) is 6.21. The molecule has 0 atom stereocenters. The summed E-state index contributed by atoms with van der Waals surface area (Å²) in [6, 6.07) is 8.47.